The van der Waals surface area contributed by atoms with Crippen molar-refractivity contribution < 1.29 is 19.0 Å². The highest BCUT2D eigenvalue weighted by Crippen LogP contribution is 2.28. The van der Waals surface area contributed by atoms with Gasteiger partial charge in [0, 0.05) is 25.9 Å². The van der Waals surface area contributed by atoms with Crippen molar-refractivity contribution in [2.75, 3.05) is 26.8 Å². The molecule has 0 atom stereocenters. The Kier molecular flexibility index (Phi) is 6.45. The van der Waals surface area contributed by atoms with Crippen LogP contribution in [0.3, 0.4) is 0 Å². The first-order valence-electron chi connectivity index (χ1n) is 9.75. The Bertz CT molecular complexity index is 825. The first-order valence-corrected chi connectivity index (χ1v) is 9.75. The minimum Gasteiger partial charge on any atom is -0.493 e. The summed E-state index contributed by atoms with van der Waals surface area (Å²) in [6.07, 6.45) is 1.79. The number of carbonyl (C=O) groups is 1. The molecule has 0 spiro atoms. The first-order chi connectivity index (χ1) is 13.5. The van der Waals surface area contributed by atoms with Gasteiger partial charge >= 0.3 is 0 Å². The second-order valence-electron chi connectivity index (χ2n) is 7.41. The molecule has 1 aliphatic rings. The highest BCUT2D eigenvalue weighted by Gasteiger charge is 2.24. The second kappa shape index (κ2) is 9.00. The maximum absolute atomic E-state index is 12.5. The zero-order valence-electron chi connectivity index (χ0n) is 17.2. The van der Waals surface area contributed by atoms with Gasteiger partial charge in [-0.2, -0.15) is 0 Å². The van der Waals surface area contributed by atoms with Gasteiger partial charge in [0.1, 0.15) is 11.9 Å². The fourth-order valence-electron chi connectivity index (χ4n) is 3.36. The molecule has 150 valence electrons. The number of hydrogen-bond donors (Lipinski definition) is 0. The Hall–Kier alpha value is -2.69. The lowest BCUT2D eigenvalue weighted by Gasteiger charge is -2.32. The molecule has 28 heavy (non-hydrogen) atoms. The Morgan fingerprint density at radius 3 is 2.29 bits per heavy atom. The first kappa shape index (κ1) is 20.1. The van der Waals surface area contributed by atoms with Gasteiger partial charge in [0.05, 0.1) is 7.11 Å². The minimum atomic E-state index is -0.00665. The predicted molar refractivity (Wildman–Crippen MR) is 109 cm³/mol. The average molecular weight is 383 g/mol. The van der Waals surface area contributed by atoms with Crippen molar-refractivity contribution in [3.63, 3.8) is 0 Å². The summed E-state index contributed by atoms with van der Waals surface area (Å²) in [6, 6.07) is 11.9. The van der Waals surface area contributed by atoms with E-state index in [2.05, 4.69) is 32.0 Å². The summed E-state index contributed by atoms with van der Waals surface area (Å²) in [5.74, 6) is 2.18. The summed E-state index contributed by atoms with van der Waals surface area (Å²) in [4.78, 5) is 14.4. The largest absolute Gasteiger partial charge is 0.493 e. The van der Waals surface area contributed by atoms with Crippen LogP contribution in [0.2, 0.25) is 0 Å². The topological polar surface area (TPSA) is 48.0 Å². The van der Waals surface area contributed by atoms with Crippen LogP contribution < -0.4 is 14.2 Å². The number of piperidine rings is 1. The molecule has 1 fully saturated rings. The molecular weight excluding hydrogens is 354 g/mol. The molecule has 1 heterocycles. The molecule has 1 amide bonds. The van der Waals surface area contributed by atoms with Crippen LogP contribution in [-0.4, -0.2) is 43.7 Å². The van der Waals surface area contributed by atoms with Crippen molar-refractivity contribution in [1.29, 1.82) is 0 Å². The Balaban J connectivity index is 1.49. The third kappa shape index (κ3) is 4.97. The van der Waals surface area contributed by atoms with Crippen molar-refractivity contribution in [1.82, 2.24) is 4.90 Å². The molecule has 1 aliphatic heterocycles. The molecule has 2 aromatic carbocycles. The number of aryl methyl sites for hydroxylation is 3. The fourth-order valence-corrected chi connectivity index (χ4v) is 3.36. The van der Waals surface area contributed by atoms with E-state index < -0.39 is 0 Å². The molecule has 0 N–H and O–H groups in total. The Labute approximate surface area is 167 Å². The molecule has 0 radical (unpaired) electrons. The maximum atomic E-state index is 12.5. The molecule has 5 nitrogen and oxygen atoms in total. The zero-order chi connectivity index (χ0) is 20.1. The molecule has 3 rings (SSSR count). The fraction of sp³-hybridized carbons (Fsp3) is 0.435. The van der Waals surface area contributed by atoms with Crippen LogP contribution in [0.15, 0.2) is 36.4 Å². The summed E-state index contributed by atoms with van der Waals surface area (Å²) in [5, 5.41) is 0. The standard InChI is InChI=1S/C23H29NO4/c1-16-5-7-18(3)21(13-16)28-19-9-11-24(12-10-19)23(25)15-27-20-8-6-17(2)14-22(20)26-4/h5-8,13-14,19H,9-12,15H2,1-4H3. The molecule has 0 bridgehead atoms. The van der Waals surface area contributed by atoms with Gasteiger partial charge in [0.25, 0.3) is 5.91 Å². The maximum Gasteiger partial charge on any atom is 0.260 e. The van der Waals surface area contributed by atoms with Gasteiger partial charge in [0.15, 0.2) is 18.1 Å². The van der Waals surface area contributed by atoms with E-state index in [0.717, 1.165) is 29.7 Å². The van der Waals surface area contributed by atoms with E-state index in [9.17, 15) is 4.79 Å². The second-order valence-corrected chi connectivity index (χ2v) is 7.41. The molecule has 5 heteroatoms. The number of hydrogen-bond acceptors (Lipinski definition) is 4. The van der Waals surface area contributed by atoms with Gasteiger partial charge < -0.3 is 19.1 Å². The zero-order valence-corrected chi connectivity index (χ0v) is 17.2. The summed E-state index contributed by atoms with van der Waals surface area (Å²) >= 11 is 0. The van der Waals surface area contributed by atoms with Gasteiger partial charge in [-0.05, 0) is 55.7 Å². The summed E-state index contributed by atoms with van der Waals surface area (Å²) < 4.78 is 17.2. The van der Waals surface area contributed by atoms with E-state index in [0.29, 0.717) is 24.6 Å². The number of amides is 1. The van der Waals surface area contributed by atoms with E-state index in [4.69, 9.17) is 14.2 Å². The number of nitrogens with zero attached hydrogens (tertiary/aromatic N) is 1. The quantitative estimate of drug-likeness (QED) is 0.754. The molecule has 0 aliphatic carbocycles. The van der Waals surface area contributed by atoms with Crippen molar-refractivity contribution in [2.24, 2.45) is 0 Å². The van der Waals surface area contributed by atoms with Crippen LogP contribution in [0.5, 0.6) is 17.2 Å². The minimum absolute atomic E-state index is 0.00665. The van der Waals surface area contributed by atoms with Gasteiger partial charge in [0.2, 0.25) is 0 Å². The van der Waals surface area contributed by atoms with Gasteiger partial charge in [-0.1, -0.05) is 18.2 Å². The average Bonchev–Trinajstić information content (AvgIpc) is 2.70. The van der Waals surface area contributed by atoms with E-state index in [1.165, 1.54) is 5.56 Å². The highest BCUT2D eigenvalue weighted by atomic mass is 16.5. The Morgan fingerprint density at radius 2 is 1.61 bits per heavy atom. The summed E-state index contributed by atoms with van der Waals surface area (Å²) in [5.41, 5.74) is 3.42. The molecular formula is C23H29NO4. The smallest absolute Gasteiger partial charge is 0.260 e. The van der Waals surface area contributed by atoms with Crippen LogP contribution in [0, 0.1) is 20.8 Å². The van der Waals surface area contributed by atoms with Crippen molar-refractivity contribution in [3.8, 4) is 17.2 Å². The highest BCUT2D eigenvalue weighted by molar-refractivity contribution is 5.78. The number of likely N-dealkylation sites (tertiary alicyclic amines) is 1. The van der Waals surface area contributed by atoms with Crippen molar-refractivity contribution in [3.05, 3.63) is 53.1 Å². The van der Waals surface area contributed by atoms with Crippen LogP contribution in [-0.2, 0) is 4.79 Å². The predicted octanol–water partition coefficient (Wildman–Crippen LogP) is 4.07. The van der Waals surface area contributed by atoms with Crippen LogP contribution in [0.25, 0.3) is 0 Å². The summed E-state index contributed by atoms with van der Waals surface area (Å²) in [6.45, 7) is 7.50. The third-order valence-electron chi connectivity index (χ3n) is 5.10. The van der Waals surface area contributed by atoms with Crippen LogP contribution >= 0.6 is 0 Å². The number of benzene rings is 2. The molecule has 0 aromatic heterocycles. The number of methoxy groups -OCH3 is 1. The van der Waals surface area contributed by atoms with Gasteiger partial charge in [-0.25, -0.2) is 0 Å². The SMILES string of the molecule is COc1cc(C)ccc1OCC(=O)N1CCC(Oc2cc(C)ccc2C)CC1. The van der Waals surface area contributed by atoms with Crippen molar-refractivity contribution >= 4 is 5.91 Å². The molecule has 0 unspecified atom stereocenters. The summed E-state index contributed by atoms with van der Waals surface area (Å²) in [7, 11) is 1.60. The normalized spacial score (nSPS) is 14.6. The van der Waals surface area contributed by atoms with E-state index in [-0.39, 0.29) is 18.6 Å². The number of rotatable bonds is 6. The van der Waals surface area contributed by atoms with E-state index in [1.54, 1.807) is 7.11 Å². The lowest BCUT2D eigenvalue weighted by Crippen LogP contribution is -2.43. The monoisotopic (exact) mass is 383 g/mol. The molecule has 1 saturated heterocycles. The lowest BCUT2D eigenvalue weighted by molar-refractivity contribution is -0.135. The molecule has 0 saturated carbocycles. The molecule has 2 aromatic rings. The third-order valence-corrected chi connectivity index (χ3v) is 5.10. The van der Waals surface area contributed by atoms with Gasteiger partial charge in [-0.3, -0.25) is 4.79 Å². The van der Waals surface area contributed by atoms with Crippen LogP contribution in [0.1, 0.15) is 29.5 Å². The van der Waals surface area contributed by atoms with E-state index >= 15 is 0 Å². The number of ether oxygens (including phenoxy) is 3. The Morgan fingerprint density at radius 1 is 0.964 bits per heavy atom. The van der Waals surface area contributed by atoms with Crippen molar-refractivity contribution in [2.45, 2.75) is 39.7 Å². The van der Waals surface area contributed by atoms with Crippen LogP contribution in [0.4, 0.5) is 0 Å². The lowest BCUT2D eigenvalue weighted by atomic mass is 10.1. The van der Waals surface area contributed by atoms with E-state index in [1.807, 2.05) is 30.0 Å². The number of carbonyl (C=O) groups excluding carboxylic acids is 1. The van der Waals surface area contributed by atoms with Gasteiger partial charge in [-0.15, -0.1) is 0 Å².